The topological polar surface area (TPSA) is 78.9 Å². The number of carbonyl (C=O) groups is 3. The van der Waals surface area contributed by atoms with Crippen molar-refractivity contribution in [2.45, 2.75) is 412 Å². The van der Waals surface area contributed by atoms with Crippen LogP contribution in [-0.2, 0) is 28.6 Å². The van der Waals surface area contributed by atoms with Gasteiger partial charge in [-0.1, -0.05) is 360 Å². The third-order valence-corrected chi connectivity index (χ3v) is 16.5. The van der Waals surface area contributed by atoms with Crippen LogP contribution in [-0.4, -0.2) is 37.2 Å². The molecular formula is C73H138O6. The van der Waals surface area contributed by atoms with Crippen molar-refractivity contribution in [2.75, 3.05) is 13.2 Å². The summed E-state index contributed by atoms with van der Waals surface area (Å²) in [4.78, 5) is 38.4. The Balaban J connectivity index is 4.22. The number of ether oxygens (including phenoxy) is 3. The van der Waals surface area contributed by atoms with Crippen molar-refractivity contribution in [3.05, 3.63) is 24.3 Å². The van der Waals surface area contributed by atoms with Crippen molar-refractivity contribution >= 4 is 17.9 Å². The van der Waals surface area contributed by atoms with Crippen LogP contribution in [0.1, 0.15) is 406 Å². The molecule has 0 aromatic rings. The van der Waals surface area contributed by atoms with Gasteiger partial charge in [-0.05, 0) is 51.4 Å². The molecule has 0 aliphatic carbocycles. The van der Waals surface area contributed by atoms with E-state index in [0.29, 0.717) is 19.3 Å². The van der Waals surface area contributed by atoms with Crippen molar-refractivity contribution < 1.29 is 28.6 Å². The van der Waals surface area contributed by atoms with Gasteiger partial charge in [0.05, 0.1) is 0 Å². The zero-order valence-corrected chi connectivity index (χ0v) is 53.7. The normalized spacial score (nSPS) is 12.1. The van der Waals surface area contributed by atoms with E-state index in [4.69, 9.17) is 14.2 Å². The Kier molecular flexibility index (Phi) is 66.6. The Bertz CT molecular complexity index is 1270. The van der Waals surface area contributed by atoms with Crippen molar-refractivity contribution in [3.8, 4) is 0 Å². The number of carbonyl (C=O) groups excluding carboxylic acids is 3. The van der Waals surface area contributed by atoms with Crippen LogP contribution in [0, 0.1) is 0 Å². The number of esters is 3. The van der Waals surface area contributed by atoms with Gasteiger partial charge >= 0.3 is 17.9 Å². The smallest absolute Gasteiger partial charge is 0.306 e. The molecule has 1 atom stereocenters. The third-order valence-electron chi connectivity index (χ3n) is 16.5. The monoisotopic (exact) mass is 1110 g/mol. The zero-order chi connectivity index (χ0) is 57.1. The lowest BCUT2D eigenvalue weighted by Crippen LogP contribution is -2.30. The van der Waals surface area contributed by atoms with E-state index in [0.717, 1.165) is 64.2 Å². The van der Waals surface area contributed by atoms with Gasteiger partial charge in [-0.25, -0.2) is 0 Å². The molecule has 79 heavy (non-hydrogen) atoms. The molecular weight excluding hydrogens is 973 g/mol. The van der Waals surface area contributed by atoms with E-state index in [1.165, 1.54) is 302 Å². The first kappa shape index (κ1) is 76.9. The summed E-state index contributed by atoms with van der Waals surface area (Å²) in [7, 11) is 0. The van der Waals surface area contributed by atoms with Crippen LogP contribution in [0.2, 0.25) is 0 Å². The van der Waals surface area contributed by atoms with Gasteiger partial charge in [0.15, 0.2) is 6.10 Å². The maximum atomic E-state index is 13.0. The molecule has 0 rings (SSSR count). The number of unbranched alkanes of at least 4 members (excludes halogenated alkanes) is 52. The van der Waals surface area contributed by atoms with Gasteiger partial charge in [0, 0.05) is 19.3 Å². The molecule has 1 unspecified atom stereocenters. The van der Waals surface area contributed by atoms with Gasteiger partial charge in [-0.3, -0.25) is 14.4 Å². The largest absolute Gasteiger partial charge is 0.462 e. The first-order chi connectivity index (χ1) is 39.0. The number of rotatable bonds is 67. The van der Waals surface area contributed by atoms with E-state index in [2.05, 4.69) is 45.1 Å². The summed E-state index contributed by atoms with van der Waals surface area (Å²) in [5.74, 6) is -0.834. The second kappa shape index (κ2) is 68.4. The van der Waals surface area contributed by atoms with Crippen LogP contribution < -0.4 is 0 Å². The minimum absolute atomic E-state index is 0.0652. The first-order valence-electron chi connectivity index (χ1n) is 35.8. The first-order valence-corrected chi connectivity index (χ1v) is 35.8. The third kappa shape index (κ3) is 66.6. The predicted molar refractivity (Wildman–Crippen MR) is 344 cm³/mol. The standard InChI is InChI=1S/C73H138O6/c1-4-7-10-13-16-19-22-25-27-29-31-33-35-36-38-39-41-43-45-48-51-54-57-60-63-66-72(75)78-69-70(68-77-71(74)65-62-59-56-53-50-47-24-21-18-15-12-9-6-3)79-73(76)67-64-61-58-55-52-49-46-44-42-40-37-34-32-30-28-26-23-20-17-14-11-8-5-2/h23,26,30,32,70H,4-22,24-25,27-29,31,33-69H2,1-3H3/b26-23-,32-30-. The van der Waals surface area contributed by atoms with Gasteiger partial charge in [-0.15, -0.1) is 0 Å². The van der Waals surface area contributed by atoms with Gasteiger partial charge < -0.3 is 14.2 Å². The molecule has 0 fully saturated rings. The van der Waals surface area contributed by atoms with Crippen LogP contribution in [0.25, 0.3) is 0 Å². The van der Waals surface area contributed by atoms with E-state index >= 15 is 0 Å². The summed E-state index contributed by atoms with van der Waals surface area (Å²) < 4.78 is 17.0. The Labute approximate surface area is 493 Å². The molecule has 0 N–H and O–H groups in total. The van der Waals surface area contributed by atoms with Crippen molar-refractivity contribution in [3.63, 3.8) is 0 Å². The molecule has 0 radical (unpaired) electrons. The highest BCUT2D eigenvalue weighted by Crippen LogP contribution is 2.19. The zero-order valence-electron chi connectivity index (χ0n) is 53.7. The average molecular weight is 1110 g/mol. The molecule has 0 aliphatic rings. The predicted octanol–water partition coefficient (Wildman–Crippen LogP) is 24.6. The summed E-state index contributed by atoms with van der Waals surface area (Å²) in [5.41, 5.74) is 0. The maximum Gasteiger partial charge on any atom is 0.306 e. The van der Waals surface area contributed by atoms with Gasteiger partial charge in [0.25, 0.3) is 0 Å². The minimum Gasteiger partial charge on any atom is -0.462 e. The summed E-state index contributed by atoms with van der Waals surface area (Å²) in [5, 5.41) is 0. The molecule has 466 valence electrons. The van der Waals surface area contributed by atoms with Crippen LogP contribution >= 0.6 is 0 Å². The van der Waals surface area contributed by atoms with E-state index < -0.39 is 6.10 Å². The Morgan fingerprint density at radius 3 is 0.696 bits per heavy atom. The molecule has 6 heteroatoms. The molecule has 0 saturated carbocycles. The molecule has 0 saturated heterocycles. The minimum atomic E-state index is -0.769. The second-order valence-electron chi connectivity index (χ2n) is 24.5. The Hall–Kier alpha value is -2.11. The molecule has 0 aliphatic heterocycles. The Morgan fingerprint density at radius 1 is 0.253 bits per heavy atom. The molecule has 0 spiro atoms. The molecule has 0 aromatic carbocycles. The van der Waals surface area contributed by atoms with E-state index in [1.807, 2.05) is 0 Å². The van der Waals surface area contributed by atoms with Gasteiger partial charge in [0.2, 0.25) is 0 Å². The molecule has 0 heterocycles. The van der Waals surface area contributed by atoms with Crippen LogP contribution in [0.3, 0.4) is 0 Å². The fraction of sp³-hybridized carbons (Fsp3) is 0.904. The Morgan fingerprint density at radius 2 is 0.456 bits per heavy atom. The lowest BCUT2D eigenvalue weighted by molar-refractivity contribution is -0.167. The van der Waals surface area contributed by atoms with Crippen molar-refractivity contribution in [1.29, 1.82) is 0 Å². The fourth-order valence-electron chi connectivity index (χ4n) is 11.1. The van der Waals surface area contributed by atoms with Gasteiger partial charge in [-0.2, -0.15) is 0 Å². The highest BCUT2D eigenvalue weighted by atomic mass is 16.6. The molecule has 0 aromatic heterocycles. The van der Waals surface area contributed by atoms with Crippen molar-refractivity contribution in [1.82, 2.24) is 0 Å². The van der Waals surface area contributed by atoms with E-state index in [1.54, 1.807) is 0 Å². The van der Waals surface area contributed by atoms with Crippen LogP contribution in [0.5, 0.6) is 0 Å². The summed E-state index contributed by atoms with van der Waals surface area (Å²) in [6.45, 7) is 6.71. The molecule has 0 bridgehead atoms. The number of hydrogen-bond donors (Lipinski definition) is 0. The quantitative estimate of drug-likeness (QED) is 0.0261. The maximum absolute atomic E-state index is 13.0. The second-order valence-corrected chi connectivity index (χ2v) is 24.5. The van der Waals surface area contributed by atoms with Crippen molar-refractivity contribution in [2.24, 2.45) is 0 Å². The lowest BCUT2D eigenvalue weighted by atomic mass is 10.0. The van der Waals surface area contributed by atoms with E-state index in [-0.39, 0.29) is 31.1 Å². The van der Waals surface area contributed by atoms with E-state index in [9.17, 15) is 14.4 Å². The lowest BCUT2D eigenvalue weighted by Gasteiger charge is -2.18. The molecule has 0 amide bonds. The number of allylic oxidation sites excluding steroid dienone is 4. The molecule has 6 nitrogen and oxygen atoms in total. The summed E-state index contributed by atoms with van der Waals surface area (Å²) >= 11 is 0. The highest BCUT2D eigenvalue weighted by Gasteiger charge is 2.19. The van der Waals surface area contributed by atoms with Crippen LogP contribution in [0.15, 0.2) is 24.3 Å². The summed E-state index contributed by atoms with van der Waals surface area (Å²) in [6.07, 6.45) is 83.5. The fourth-order valence-corrected chi connectivity index (χ4v) is 11.1. The van der Waals surface area contributed by atoms with Gasteiger partial charge in [0.1, 0.15) is 13.2 Å². The highest BCUT2D eigenvalue weighted by molar-refractivity contribution is 5.71. The summed E-state index contributed by atoms with van der Waals surface area (Å²) in [6, 6.07) is 0. The van der Waals surface area contributed by atoms with Crippen LogP contribution in [0.4, 0.5) is 0 Å². The number of hydrogen-bond acceptors (Lipinski definition) is 6. The average Bonchev–Trinajstić information content (AvgIpc) is 3.45. The SMILES string of the molecule is CCCCCCC/C=C\C/C=C\CCCCCCCCCCCCCC(=O)OC(COC(=O)CCCCCCCCCCCCCCC)COC(=O)CCCCCCCCCCCCCCCCCCCCCCCCCCC.